The highest BCUT2D eigenvalue weighted by molar-refractivity contribution is 5.63. The van der Waals surface area contributed by atoms with E-state index >= 15 is 0 Å². The fourth-order valence-corrected chi connectivity index (χ4v) is 3.79. The predicted octanol–water partition coefficient (Wildman–Crippen LogP) is 3.41. The van der Waals surface area contributed by atoms with E-state index in [9.17, 15) is 0 Å². The van der Waals surface area contributed by atoms with E-state index in [1.807, 2.05) is 42.5 Å². The summed E-state index contributed by atoms with van der Waals surface area (Å²) in [6.45, 7) is 4.06. The molecule has 0 saturated carbocycles. The van der Waals surface area contributed by atoms with Gasteiger partial charge in [-0.2, -0.15) is 4.98 Å². The Labute approximate surface area is 186 Å². The van der Waals surface area contributed by atoms with Crippen LogP contribution in [0.2, 0.25) is 0 Å². The second-order valence-electron chi connectivity index (χ2n) is 7.62. The van der Waals surface area contributed by atoms with Gasteiger partial charge in [-0.1, -0.05) is 6.07 Å². The summed E-state index contributed by atoms with van der Waals surface area (Å²) in [6, 6.07) is 14.0. The molecule has 1 aliphatic rings. The lowest BCUT2D eigenvalue weighted by atomic mass is 10.2. The van der Waals surface area contributed by atoms with Crippen molar-refractivity contribution in [2.75, 3.05) is 38.7 Å². The second-order valence-corrected chi connectivity index (χ2v) is 7.62. The average Bonchev–Trinajstić information content (AvgIpc) is 3.49. The summed E-state index contributed by atoms with van der Waals surface area (Å²) in [5.41, 5.74) is 3.28. The third-order valence-electron chi connectivity index (χ3n) is 5.45. The minimum absolute atomic E-state index is 0.324. The highest BCUT2D eigenvalue weighted by Crippen LogP contribution is 2.23. The fraction of sp³-hybridized carbons (Fsp3) is 0.304. The van der Waals surface area contributed by atoms with Gasteiger partial charge in [-0.15, -0.1) is 5.10 Å². The normalized spacial score (nSPS) is 14.0. The number of aromatic nitrogens is 5. The second kappa shape index (κ2) is 9.19. The number of anilines is 2. The zero-order valence-corrected chi connectivity index (χ0v) is 17.9. The van der Waals surface area contributed by atoms with Crippen LogP contribution in [0.5, 0.6) is 11.8 Å². The third kappa shape index (κ3) is 4.47. The van der Waals surface area contributed by atoms with Gasteiger partial charge in [-0.3, -0.25) is 4.90 Å². The quantitative estimate of drug-likeness (QED) is 0.454. The SMILES string of the molecule is COc1ncc(-c2cccc3nc(Nc4ccc(OCCN5CCCC5)cc4)nn23)cn1. The maximum absolute atomic E-state index is 5.88. The lowest BCUT2D eigenvalue weighted by Crippen LogP contribution is -2.25. The van der Waals surface area contributed by atoms with E-state index in [-0.39, 0.29) is 0 Å². The van der Waals surface area contributed by atoms with Gasteiger partial charge < -0.3 is 14.8 Å². The number of hydrogen-bond donors (Lipinski definition) is 1. The Hall–Kier alpha value is -3.72. The van der Waals surface area contributed by atoms with Crippen LogP contribution >= 0.6 is 0 Å². The lowest BCUT2D eigenvalue weighted by molar-refractivity contribution is 0.238. The number of likely N-dealkylation sites (tertiary alicyclic amines) is 1. The van der Waals surface area contributed by atoms with Crippen molar-refractivity contribution in [1.82, 2.24) is 29.5 Å². The first kappa shape index (κ1) is 20.2. The van der Waals surface area contributed by atoms with Gasteiger partial charge in [0, 0.05) is 30.2 Å². The van der Waals surface area contributed by atoms with Crippen LogP contribution in [0, 0.1) is 0 Å². The first-order chi connectivity index (χ1) is 15.8. The number of nitrogens with zero attached hydrogens (tertiary/aromatic N) is 6. The molecular formula is C23H25N7O2. The molecule has 164 valence electrons. The number of hydrogen-bond acceptors (Lipinski definition) is 8. The molecular weight excluding hydrogens is 406 g/mol. The van der Waals surface area contributed by atoms with Crippen LogP contribution in [0.1, 0.15) is 12.8 Å². The number of rotatable bonds is 8. The largest absolute Gasteiger partial charge is 0.492 e. The highest BCUT2D eigenvalue weighted by Gasteiger charge is 2.12. The first-order valence-corrected chi connectivity index (χ1v) is 10.7. The molecule has 32 heavy (non-hydrogen) atoms. The van der Waals surface area contributed by atoms with Crippen LogP contribution in [-0.4, -0.2) is 62.8 Å². The minimum atomic E-state index is 0.324. The molecule has 1 saturated heterocycles. The van der Waals surface area contributed by atoms with Crippen molar-refractivity contribution >= 4 is 17.3 Å². The van der Waals surface area contributed by atoms with E-state index in [1.54, 1.807) is 24.0 Å². The van der Waals surface area contributed by atoms with Gasteiger partial charge >= 0.3 is 6.01 Å². The molecule has 4 aromatic rings. The van der Waals surface area contributed by atoms with Gasteiger partial charge in [0.15, 0.2) is 5.65 Å². The van der Waals surface area contributed by atoms with E-state index in [4.69, 9.17) is 9.47 Å². The molecule has 1 fully saturated rings. The molecule has 0 atom stereocenters. The topological polar surface area (TPSA) is 89.7 Å². The Kier molecular flexibility index (Phi) is 5.80. The van der Waals surface area contributed by atoms with Crippen molar-refractivity contribution in [3.63, 3.8) is 0 Å². The van der Waals surface area contributed by atoms with Gasteiger partial charge in [0.05, 0.1) is 12.8 Å². The standard InChI is InChI=1S/C23H25N7O2/c1-31-23-24-15-17(16-25-23)20-5-4-6-21-27-22(28-30(20)21)26-18-7-9-19(10-8-18)32-14-13-29-11-2-3-12-29/h4-10,15-16H,2-3,11-14H2,1H3,(H,26,28). The molecule has 0 radical (unpaired) electrons. The molecule has 0 bridgehead atoms. The van der Waals surface area contributed by atoms with Crippen LogP contribution in [0.3, 0.4) is 0 Å². The van der Waals surface area contributed by atoms with Crippen LogP contribution < -0.4 is 14.8 Å². The molecule has 0 unspecified atom stereocenters. The molecule has 0 amide bonds. The maximum Gasteiger partial charge on any atom is 0.316 e. The number of fused-ring (bicyclic) bond motifs is 1. The number of methoxy groups -OCH3 is 1. The van der Waals surface area contributed by atoms with E-state index in [1.165, 1.54) is 25.9 Å². The lowest BCUT2D eigenvalue weighted by Gasteiger charge is -2.15. The van der Waals surface area contributed by atoms with Crippen molar-refractivity contribution in [2.24, 2.45) is 0 Å². The van der Waals surface area contributed by atoms with Crippen LogP contribution in [0.15, 0.2) is 54.9 Å². The van der Waals surface area contributed by atoms with Gasteiger partial charge in [0.25, 0.3) is 0 Å². The van der Waals surface area contributed by atoms with E-state index < -0.39 is 0 Å². The van der Waals surface area contributed by atoms with Gasteiger partial charge in [-0.05, 0) is 62.3 Å². The summed E-state index contributed by atoms with van der Waals surface area (Å²) in [5.74, 6) is 1.37. The van der Waals surface area contributed by atoms with Crippen molar-refractivity contribution in [2.45, 2.75) is 12.8 Å². The molecule has 1 aliphatic heterocycles. The van der Waals surface area contributed by atoms with Crippen molar-refractivity contribution < 1.29 is 9.47 Å². The molecule has 1 aromatic carbocycles. The van der Waals surface area contributed by atoms with Crippen LogP contribution in [0.25, 0.3) is 16.9 Å². The van der Waals surface area contributed by atoms with Crippen molar-refractivity contribution in [1.29, 1.82) is 0 Å². The van der Waals surface area contributed by atoms with Crippen LogP contribution in [-0.2, 0) is 0 Å². The minimum Gasteiger partial charge on any atom is -0.492 e. The van der Waals surface area contributed by atoms with E-state index in [0.717, 1.165) is 34.9 Å². The Balaban J connectivity index is 1.26. The smallest absolute Gasteiger partial charge is 0.316 e. The molecule has 9 heteroatoms. The summed E-state index contributed by atoms with van der Waals surface area (Å²) < 4.78 is 12.7. The zero-order chi connectivity index (χ0) is 21.8. The van der Waals surface area contributed by atoms with Crippen molar-refractivity contribution in [3.8, 4) is 23.0 Å². The molecule has 1 N–H and O–H groups in total. The Morgan fingerprint density at radius 2 is 1.78 bits per heavy atom. The highest BCUT2D eigenvalue weighted by atomic mass is 16.5. The first-order valence-electron chi connectivity index (χ1n) is 10.7. The maximum atomic E-state index is 5.88. The predicted molar refractivity (Wildman–Crippen MR) is 121 cm³/mol. The summed E-state index contributed by atoms with van der Waals surface area (Å²) >= 11 is 0. The van der Waals surface area contributed by atoms with Gasteiger partial charge in [-0.25, -0.2) is 14.5 Å². The van der Waals surface area contributed by atoms with Gasteiger partial charge in [0.1, 0.15) is 12.4 Å². The molecule has 3 aromatic heterocycles. The zero-order valence-electron chi connectivity index (χ0n) is 17.9. The van der Waals surface area contributed by atoms with Crippen LogP contribution in [0.4, 0.5) is 11.6 Å². The Morgan fingerprint density at radius 1 is 1.00 bits per heavy atom. The Bertz CT molecular complexity index is 1170. The summed E-state index contributed by atoms with van der Waals surface area (Å²) in [5, 5.41) is 7.87. The molecule has 5 rings (SSSR count). The van der Waals surface area contributed by atoms with Gasteiger partial charge in [0.2, 0.25) is 5.95 Å². The summed E-state index contributed by atoms with van der Waals surface area (Å²) in [7, 11) is 1.54. The number of benzene rings is 1. The number of nitrogens with one attached hydrogen (secondary N) is 1. The molecule has 4 heterocycles. The van der Waals surface area contributed by atoms with E-state index in [0.29, 0.717) is 18.6 Å². The van der Waals surface area contributed by atoms with Crippen molar-refractivity contribution in [3.05, 3.63) is 54.9 Å². The molecule has 0 aliphatic carbocycles. The Morgan fingerprint density at radius 3 is 2.53 bits per heavy atom. The molecule has 0 spiro atoms. The summed E-state index contributed by atoms with van der Waals surface area (Å²) in [4.78, 5) is 15.4. The molecule has 9 nitrogen and oxygen atoms in total. The summed E-state index contributed by atoms with van der Waals surface area (Å²) in [6.07, 6.45) is 6.01. The monoisotopic (exact) mass is 431 g/mol. The average molecular weight is 432 g/mol. The van der Waals surface area contributed by atoms with E-state index in [2.05, 4.69) is 30.3 Å². The number of pyridine rings is 1. The fourth-order valence-electron chi connectivity index (χ4n) is 3.79. The third-order valence-corrected chi connectivity index (χ3v) is 5.45. The number of ether oxygens (including phenoxy) is 2.